The molecule has 3 N–H and O–H groups in total. The van der Waals surface area contributed by atoms with E-state index in [0.717, 1.165) is 0 Å². The van der Waals surface area contributed by atoms with Crippen LogP contribution in [0.5, 0.6) is 5.75 Å². The number of aromatic nitrogens is 4. The summed E-state index contributed by atoms with van der Waals surface area (Å²) in [6.07, 6.45) is 4.83. The second-order valence-electron chi connectivity index (χ2n) is 7.76. The Kier molecular flexibility index (Phi) is 6.47. The topological polar surface area (TPSA) is 171 Å². The number of para-hydroxylation sites is 2. The SMILES string of the molecule is N#Cc1cnn(-c2ncccn2)c1/N=N/c1c(O)c(C(=O)Nc2ccccc2NC=O)cc2ccccc12. The van der Waals surface area contributed by atoms with Crippen LogP contribution in [0.3, 0.4) is 0 Å². The van der Waals surface area contributed by atoms with E-state index in [9.17, 15) is 20.0 Å². The van der Waals surface area contributed by atoms with Gasteiger partial charge in [-0.1, -0.05) is 36.4 Å². The zero-order chi connectivity index (χ0) is 26.5. The fourth-order valence-corrected chi connectivity index (χ4v) is 3.72. The average molecular weight is 503 g/mol. The van der Waals surface area contributed by atoms with Crippen molar-refractivity contribution >= 4 is 46.0 Å². The molecule has 12 heteroatoms. The van der Waals surface area contributed by atoms with Crippen molar-refractivity contribution in [3.05, 3.63) is 90.4 Å². The third-order valence-electron chi connectivity index (χ3n) is 5.48. The normalized spacial score (nSPS) is 10.8. The van der Waals surface area contributed by atoms with Crippen molar-refractivity contribution in [3.8, 4) is 17.8 Å². The lowest BCUT2D eigenvalue weighted by Gasteiger charge is -2.13. The molecule has 0 spiro atoms. The maximum atomic E-state index is 13.2. The highest BCUT2D eigenvalue weighted by atomic mass is 16.3. The molecule has 3 aromatic carbocycles. The van der Waals surface area contributed by atoms with Crippen LogP contribution >= 0.6 is 0 Å². The number of phenols is 1. The molecular formula is C26H17N9O3. The van der Waals surface area contributed by atoms with Gasteiger partial charge in [-0.05, 0) is 29.7 Å². The first-order valence-electron chi connectivity index (χ1n) is 11.1. The number of rotatable bonds is 7. The zero-order valence-corrected chi connectivity index (χ0v) is 19.5. The maximum Gasteiger partial charge on any atom is 0.259 e. The predicted molar refractivity (Wildman–Crippen MR) is 138 cm³/mol. The molecule has 5 rings (SSSR count). The van der Waals surface area contributed by atoms with Crippen molar-refractivity contribution in [2.45, 2.75) is 0 Å². The molecule has 0 unspecified atom stereocenters. The molecule has 184 valence electrons. The first-order valence-corrected chi connectivity index (χ1v) is 11.1. The smallest absolute Gasteiger partial charge is 0.259 e. The van der Waals surface area contributed by atoms with E-state index in [1.54, 1.807) is 54.6 Å². The Balaban J connectivity index is 1.60. The number of benzene rings is 3. The second-order valence-corrected chi connectivity index (χ2v) is 7.76. The largest absolute Gasteiger partial charge is 0.505 e. The van der Waals surface area contributed by atoms with Gasteiger partial charge in [0.1, 0.15) is 17.3 Å². The molecule has 0 atom stereocenters. The van der Waals surface area contributed by atoms with Crippen molar-refractivity contribution in [2.24, 2.45) is 10.2 Å². The molecule has 2 aromatic heterocycles. The number of fused-ring (bicyclic) bond motifs is 1. The number of aromatic hydroxyl groups is 1. The highest BCUT2D eigenvalue weighted by Crippen LogP contribution is 2.40. The maximum absolute atomic E-state index is 13.2. The van der Waals surface area contributed by atoms with Gasteiger partial charge in [0.05, 0.1) is 23.1 Å². The average Bonchev–Trinajstić information content (AvgIpc) is 3.37. The number of nitrogens with one attached hydrogen (secondary N) is 2. The zero-order valence-electron chi connectivity index (χ0n) is 19.5. The van der Waals surface area contributed by atoms with Gasteiger partial charge in [0.25, 0.3) is 11.9 Å². The Morgan fingerprint density at radius 2 is 1.76 bits per heavy atom. The van der Waals surface area contributed by atoms with Gasteiger partial charge >= 0.3 is 0 Å². The first-order chi connectivity index (χ1) is 18.6. The summed E-state index contributed by atoms with van der Waals surface area (Å²) in [5.41, 5.74) is 0.776. The van der Waals surface area contributed by atoms with Gasteiger partial charge in [0.2, 0.25) is 6.41 Å². The van der Waals surface area contributed by atoms with Crippen molar-refractivity contribution < 1.29 is 14.7 Å². The van der Waals surface area contributed by atoms with E-state index >= 15 is 0 Å². The molecule has 0 saturated carbocycles. The minimum atomic E-state index is -0.634. The Morgan fingerprint density at radius 1 is 1.03 bits per heavy atom. The van der Waals surface area contributed by atoms with Gasteiger partial charge in [0, 0.05) is 17.8 Å². The second kappa shape index (κ2) is 10.3. The third kappa shape index (κ3) is 4.50. The molecule has 0 aliphatic rings. The van der Waals surface area contributed by atoms with Crippen LogP contribution in [0.25, 0.3) is 16.7 Å². The number of azo groups is 1. The van der Waals surface area contributed by atoms with Gasteiger partial charge < -0.3 is 15.7 Å². The Morgan fingerprint density at radius 3 is 2.53 bits per heavy atom. The molecule has 2 amide bonds. The number of nitriles is 1. The standard InChI is InChI=1S/C26H17N9O3/c27-13-17-14-31-35(26-28-10-5-11-29-26)24(17)34-33-22-18-7-2-1-6-16(18)12-19(23(22)37)25(38)32-21-9-4-3-8-20(21)30-15-36/h1-12,14-15,37H,(H,30,36)(H,32,38)/b34-33+. The van der Waals surface area contributed by atoms with E-state index in [-0.39, 0.29) is 28.6 Å². The van der Waals surface area contributed by atoms with E-state index in [4.69, 9.17) is 0 Å². The number of amides is 2. The monoisotopic (exact) mass is 503 g/mol. The van der Waals surface area contributed by atoms with Gasteiger partial charge in [-0.2, -0.15) is 15.0 Å². The number of hydrogen-bond acceptors (Lipinski definition) is 9. The fourth-order valence-electron chi connectivity index (χ4n) is 3.72. The van der Waals surface area contributed by atoms with E-state index in [1.807, 2.05) is 6.07 Å². The number of hydrogen-bond donors (Lipinski definition) is 3. The predicted octanol–water partition coefficient (Wildman–Crippen LogP) is 4.63. The number of phenolic OH excluding ortho intramolecular Hbond substituents is 1. The molecule has 2 heterocycles. The summed E-state index contributed by atoms with van der Waals surface area (Å²) in [5.74, 6) is -0.838. The Labute approximate surface area is 214 Å². The third-order valence-corrected chi connectivity index (χ3v) is 5.48. The fraction of sp³-hybridized carbons (Fsp3) is 0. The first kappa shape index (κ1) is 23.8. The number of nitrogens with zero attached hydrogens (tertiary/aromatic N) is 7. The van der Waals surface area contributed by atoms with Gasteiger partial charge in [-0.15, -0.1) is 10.2 Å². The van der Waals surface area contributed by atoms with Crippen LogP contribution in [0, 0.1) is 11.3 Å². The van der Waals surface area contributed by atoms with E-state index in [0.29, 0.717) is 28.6 Å². The summed E-state index contributed by atoms with van der Waals surface area (Å²) in [4.78, 5) is 32.4. The summed E-state index contributed by atoms with van der Waals surface area (Å²) >= 11 is 0. The quantitative estimate of drug-likeness (QED) is 0.215. The molecule has 0 radical (unpaired) electrons. The van der Waals surface area contributed by atoms with Crippen molar-refractivity contribution in [3.63, 3.8) is 0 Å². The van der Waals surface area contributed by atoms with Crippen molar-refractivity contribution in [1.82, 2.24) is 19.7 Å². The number of carbonyl (C=O) groups is 2. The molecule has 12 nitrogen and oxygen atoms in total. The summed E-state index contributed by atoms with van der Waals surface area (Å²) in [7, 11) is 0. The van der Waals surface area contributed by atoms with Gasteiger partial charge in [-0.25, -0.2) is 9.97 Å². The molecule has 0 aliphatic heterocycles. The van der Waals surface area contributed by atoms with E-state index < -0.39 is 11.7 Å². The van der Waals surface area contributed by atoms with E-state index in [1.165, 1.54) is 29.3 Å². The number of carbonyl (C=O) groups excluding carboxylic acids is 2. The van der Waals surface area contributed by atoms with Crippen LogP contribution in [0.2, 0.25) is 0 Å². The lowest BCUT2D eigenvalue weighted by atomic mass is 10.0. The van der Waals surface area contributed by atoms with Crippen LogP contribution < -0.4 is 10.6 Å². The Bertz CT molecular complexity index is 1740. The summed E-state index contributed by atoms with van der Waals surface area (Å²) in [6.45, 7) is 0. The molecule has 0 bridgehead atoms. The van der Waals surface area contributed by atoms with Crippen LogP contribution in [0.4, 0.5) is 22.9 Å². The highest BCUT2D eigenvalue weighted by Gasteiger charge is 2.20. The molecule has 5 aromatic rings. The minimum Gasteiger partial charge on any atom is -0.505 e. The highest BCUT2D eigenvalue weighted by molar-refractivity contribution is 6.12. The molecule has 0 aliphatic carbocycles. The molecular weight excluding hydrogens is 486 g/mol. The van der Waals surface area contributed by atoms with Crippen LogP contribution in [0.15, 0.2) is 89.5 Å². The minimum absolute atomic E-state index is 0.0122. The molecule has 0 saturated heterocycles. The van der Waals surface area contributed by atoms with Crippen molar-refractivity contribution in [2.75, 3.05) is 10.6 Å². The summed E-state index contributed by atoms with van der Waals surface area (Å²) in [6, 6.07) is 18.8. The summed E-state index contributed by atoms with van der Waals surface area (Å²) in [5, 5.41) is 39.6. The van der Waals surface area contributed by atoms with Crippen LogP contribution in [-0.4, -0.2) is 37.2 Å². The van der Waals surface area contributed by atoms with Crippen LogP contribution in [-0.2, 0) is 4.79 Å². The summed E-state index contributed by atoms with van der Waals surface area (Å²) < 4.78 is 1.24. The van der Waals surface area contributed by atoms with Gasteiger partial charge in [0.15, 0.2) is 11.6 Å². The number of anilines is 2. The lowest BCUT2D eigenvalue weighted by Crippen LogP contribution is -2.13. The molecule has 0 fully saturated rings. The van der Waals surface area contributed by atoms with Crippen LogP contribution in [0.1, 0.15) is 15.9 Å². The van der Waals surface area contributed by atoms with Crippen molar-refractivity contribution in [1.29, 1.82) is 5.26 Å². The lowest BCUT2D eigenvalue weighted by molar-refractivity contribution is -0.105. The van der Waals surface area contributed by atoms with E-state index in [2.05, 4.69) is 35.9 Å². The Hall–Kier alpha value is -5.96. The molecule has 38 heavy (non-hydrogen) atoms. The van der Waals surface area contributed by atoms with Gasteiger partial charge in [-0.3, -0.25) is 9.59 Å².